The van der Waals surface area contributed by atoms with Crippen molar-refractivity contribution in [2.24, 2.45) is 0 Å². The van der Waals surface area contributed by atoms with Crippen LogP contribution in [0.5, 0.6) is 0 Å². The molecule has 2 heterocycles. The monoisotopic (exact) mass is 326 g/mol. The van der Waals surface area contributed by atoms with Gasteiger partial charge in [0.15, 0.2) is 0 Å². The third-order valence-corrected chi connectivity index (χ3v) is 5.94. The molecular weight excluding hydrogens is 308 g/mol. The number of hydrogen-bond acceptors (Lipinski definition) is 5. The van der Waals surface area contributed by atoms with Crippen LogP contribution in [-0.2, 0) is 23.0 Å². The number of thiophene rings is 1. The first-order valence-electron chi connectivity index (χ1n) is 6.92. The number of rotatable bonds is 5. The second-order valence-corrected chi connectivity index (χ2v) is 7.76. The molecule has 0 amide bonds. The van der Waals surface area contributed by atoms with E-state index >= 15 is 0 Å². The first kappa shape index (κ1) is 14.8. The van der Waals surface area contributed by atoms with Gasteiger partial charge in [-0.15, -0.1) is 11.3 Å². The molecule has 0 saturated carbocycles. The van der Waals surface area contributed by atoms with E-state index in [1.807, 2.05) is 11.4 Å². The van der Waals surface area contributed by atoms with E-state index < -0.39 is 10.0 Å². The Kier molecular flexibility index (Phi) is 4.17. The molecule has 0 spiro atoms. The van der Waals surface area contributed by atoms with Crippen LogP contribution in [0.4, 0.5) is 0 Å². The molecule has 7 heteroatoms. The highest BCUT2D eigenvalue weighted by molar-refractivity contribution is 7.89. The molecule has 0 aliphatic heterocycles. The van der Waals surface area contributed by atoms with Crippen molar-refractivity contribution >= 4 is 21.4 Å². The third kappa shape index (κ3) is 3.06. The summed E-state index contributed by atoms with van der Waals surface area (Å²) in [6.07, 6.45) is 2.87. The molecule has 1 unspecified atom stereocenters. The molecule has 21 heavy (non-hydrogen) atoms. The molecule has 114 valence electrons. The van der Waals surface area contributed by atoms with Gasteiger partial charge in [0, 0.05) is 10.9 Å². The summed E-state index contributed by atoms with van der Waals surface area (Å²) < 4.78 is 33.0. The Balaban J connectivity index is 1.80. The molecule has 0 bridgehead atoms. The van der Waals surface area contributed by atoms with Gasteiger partial charge < -0.3 is 9.73 Å². The molecule has 0 aromatic carbocycles. The molecule has 1 aliphatic rings. The predicted molar refractivity (Wildman–Crippen MR) is 81.8 cm³/mol. The van der Waals surface area contributed by atoms with Gasteiger partial charge in [-0.2, -0.15) is 0 Å². The van der Waals surface area contributed by atoms with Crippen molar-refractivity contribution in [2.45, 2.75) is 36.9 Å². The highest BCUT2D eigenvalue weighted by Crippen LogP contribution is 2.34. The Morgan fingerprint density at radius 3 is 3.05 bits per heavy atom. The summed E-state index contributed by atoms with van der Waals surface area (Å²) in [5.41, 5.74) is 1.11. The van der Waals surface area contributed by atoms with Gasteiger partial charge in [-0.05, 0) is 55.5 Å². The number of aryl methyl sites for hydroxylation is 1. The van der Waals surface area contributed by atoms with Crippen LogP contribution < -0.4 is 10.0 Å². The first-order valence-corrected chi connectivity index (χ1v) is 9.28. The molecule has 3 rings (SSSR count). The molecule has 1 aliphatic carbocycles. The molecular formula is C14H18N2O3S2. The maximum atomic E-state index is 12.4. The maximum Gasteiger partial charge on any atom is 0.274 e. The van der Waals surface area contributed by atoms with Crippen LogP contribution in [0.2, 0.25) is 0 Å². The normalized spacial score (nSPS) is 18.6. The van der Waals surface area contributed by atoms with Gasteiger partial charge in [0.25, 0.3) is 10.0 Å². The van der Waals surface area contributed by atoms with E-state index in [0.717, 1.165) is 24.8 Å². The topological polar surface area (TPSA) is 71.3 Å². The number of furan rings is 1. The Hall–Kier alpha value is -1.15. The molecule has 2 N–H and O–H groups in total. The summed E-state index contributed by atoms with van der Waals surface area (Å²) >= 11 is 1.70. The van der Waals surface area contributed by atoms with E-state index in [4.69, 9.17) is 4.42 Å². The van der Waals surface area contributed by atoms with Crippen LogP contribution >= 0.6 is 11.3 Å². The number of fused-ring (bicyclic) bond motifs is 1. The fourth-order valence-electron chi connectivity index (χ4n) is 2.63. The van der Waals surface area contributed by atoms with Crippen LogP contribution in [0.1, 0.15) is 35.1 Å². The van der Waals surface area contributed by atoms with Gasteiger partial charge in [-0.1, -0.05) is 0 Å². The largest absolute Gasteiger partial charge is 0.447 e. The molecule has 2 aromatic heterocycles. The SMILES string of the molecule is CNCc1ccc(S(=O)(=O)NC2CCCc3sccc32)o1. The van der Waals surface area contributed by atoms with Crippen molar-refractivity contribution in [2.75, 3.05) is 7.05 Å². The van der Waals surface area contributed by atoms with Gasteiger partial charge in [-0.3, -0.25) is 0 Å². The molecule has 0 radical (unpaired) electrons. The molecule has 0 fully saturated rings. The zero-order valence-corrected chi connectivity index (χ0v) is 13.4. The lowest BCUT2D eigenvalue weighted by molar-refractivity contribution is 0.400. The van der Waals surface area contributed by atoms with Gasteiger partial charge >= 0.3 is 0 Å². The van der Waals surface area contributed by atoms with Crippen LogP contribution in [0, 0.1) is 0 Å². The fourth-order valence-corrected chi connectivity index (χ4v) is 4.81. The summed E-state index contributed by atoms with van der Waals surface area (Å²) in [5, 5.41) is 4.94. The van der Waals surface area contributed by atoms with Crippen molar-refractivity contribution in [3.8, 4) is 0 Å². The van der Waals surface area contributed by atoms with E-state index in [2.05, 4.69) is 10.0 Å². The summed E-state index contributed by atoms with van der Waals surface area (Å²) in [6.45, 7) is 0.508. The number of nitrogens with one attached hydrogen (secondary N) is 2. The number of sulfonamides is 1. The molecule has 0 saturated heterocycles. The minimum atomic E-state index is -3.62. The standard InChI is InChI=1S/C14H18N2O3S2/c1-15-9-10-5-6-14(19-10)21(17,18)16-12-3-2-4-13-11(12)7-8-20-13/h5-8,12,15-16H,2-4,9H2,1H3. The Morgan fingerprint density at radius 1 is 1.38 bits per heavy atom. The summed E-state index contributed by atoms with van der Waals surface area (Å²) in [4.78, 5) is 1.28. The highest BCUT2D eigenvalue weighted by Gasteiger charge is 2.28. The molecule has 2 aromatic rings. The van der Waals surface area contributed by atoms with E-state index in [1.54, 1.807) is 24.5 Å². The van der Waals surface area contributed by atoms with Crippen molar-refractivity contribution in [1.29, 1.82) is 0 Å². The van der Waals surface area contributed by atoms with Crippen LogP contribution in [0.15, 0.2) is 33.1 Å². The quantitative estimate of drug-likeness (QED) is 0.885. The zero-order valence-electron chi connectivity index (χ0n) is 11.8. The predicted octanol–water partition coefficient (Wildman–Crippen LogP) is 2.42. The van der Waals surface area contributed by atoms with Crippen molar-refractivity contribution in [3.05, 3.63) is 39.8 Å². The summed E-state index contributed by atoms with van der Waals surface area (Å²) in [6, 6.07) is 5.05. The van der Waals surface area contributed by atoms with Crippen molar-refractivity contribution in [1.82, 2.24) is 10.0 Å². The summed E-state index contributed by atoms with van der Waals surface area (Å²) in [5.74, 6) is 0.609. The minimum Gasteiger partial charge on any atom is -0.447 e. The van der Waals surface area contributed by atoms with Crippen LogP contribution in [-0.4, -0.2) is 15.5 Å². The van der Waals surface area contributed by atoms with E-state index in [0.29, 0.717) is 12.3 Å². The number of hydrogen-bond donors (Lipinski definition) is 2. The average molecular weight is 326 g/mol. The second kappa shape index (κ2) is 5.92. The van der Waals surface area contributed by atoms with Crippen molar-refractivity contribution in [3.63, 3.8) is 0 Å². The lowest BCUT2D eigenvalue weighted by Crippen LogP contribution is -2.30. The minimum absolute atomic E-state index is 0.0184. The second-order valence-electron chi connectivity index (χ2n) is 5.12. The average Bonchev–Trinajstić information content (AvgIpc) is 3.08. The smallest absolute Gasteiger partial charge is 0.274 e. The Labute approximate surface area is 128 Å². The van der Waals surface area contributed by atoms with Crippen LogP contribution in [0.3, 0.4) is 0 Å². The van der Waals surface area contributed by atoms with E-state index in [9.17, 15) is 8.42 Å². The van der Waals surface area contributed by atoms with E-state index in [-0.39, 0.29) is 11.1 Å². The lowest BCUT2D eigenvalue weighted by Gasteiger charge is -2.22. The molecule has 1 atom stereocenters. The molecule has 5 nitrogen and oxygen atoms in total. The maximum absolute atomic E-state index is 12.4. The van der Waals surface area contributed by atoms with Gasteiger partial charge in [-0.25, -0.2) is 13.1 Å². The Bertz CT molecular complexity index is 718. The zero-order chi connectivity index (χ0) is 14.9. The van der Waals surface area contributed by atoms with Gasteiger partial charge in [0.2, 0.25) is 5.09 Å². The fraction of sp³-hybridized carbons (Fsp3) is 0.429. The van der Waals surface area contributed by atoms with Gasteiger partial charge in [0.05, 0.1) is 6.54 Å². The summed E-state index contributed by atoms with van der Waals surface area (Å²) in [7, 11) is -1.83. The highest BCUT2D eigenvalue weighted by atomic mass is 32.2. The van der Waals surface area contributed by atoms with Gasteiger partial charge in [0.1, 0.15) is 5.76 Å². The van der Waals surface area contributed by atoms with E-state index in [1.165, 1.54) is 10.9 Å². The first-order chi connectivity index (χ1) is 10.1. The van der Waals surface area contributed by atoms with Crippen LogP contribution in [0.25, 0.3) is 0 Å². The Morgan fingerprint density at radius 2 is 2.24 bits per heavy atom. The van der Waals surface area contributed by atoms with Crippen molar-refractivity contribution < 1.29 is 12.8 Å². The third-order valence-electron chi connectivity index (χ3n) is 3.60. The lowest BCUT2D eigenvalue weighted by atomic mass is 9.95.